The molecule has 120 valence electrons. The van der Waals surface area contributed by atoms with Gasteiger partial charge in [0, 0.05) is 46.1 Å². The van der Waals surface area contributed by atoms with Gasteiger partial charge in [0.05, 0.1) is 11.6 Å². The van der Waals surface area contributed by atoms with Crippen LogP contribution >= 0.6 is 0 Å². The zero-order valence-electron chi connectivity index (χ0n) is 13.2. The standard InChI is InChI=1S/C14H27N5O2/c1-11(2)9-19-13(16-10-17-19)8-12(18-15)14(20-3)4-6-21-7-5-14/h10-12,18H,4-9,15H2,1-3H3. The van der Waals surface area contributed by atoms with Crippen LogP contribution in [0.4, 0.5) is 0 Å². The Morgan fingerprint density at radius 3 is 2.76 bits per heavy atom. The molecule has 1 fully saturated rings. The number of aromatic nitrogens is 3. The number of nitrogens with two attached hydrogens (primary N) is 1. The highest BCUT2D eigenvalue weighted by molar-refractivity contribution is 5.00. The molecular formula is C14H27N5O2. The van der Waals surface area contributed by atoms with Crippen LogP contribution in [0.25, 0.3) is 0 Å². The third kappa shape index (κ3) is 3.79. The molecular weight excluding hydrogens is 270 g/mol. The van der Waals surface area contributed by atoms with Crippen LogP contribution in [-0.4, -0.2) is 46.7 Å². The minimum absolute atomic E-state index is 0.0125. The predicted molar refractivity (Wildman–Crippen MR) is 79.5 cm³/mol. The average Bonchev–Trinajstić information content (AvgIpc) is 2.91. The molecule has 0 radical (unpaired) electrons. The highest BCUT2D eigenvalue weighted by Crippen LogP contribution is 2.29. The minimum Gasteiger partial charge on any atom is -0.381 e. The van der Waals surface area contributed by atoms with E-state index in [9.17, 15) is 0 Å². The normalized spacial score (nSPS) is 19.9. The molecule has 0 amide bonds. The first-order valence-corrected chi connectivity index (χ1v) is 7.57. The quantitative estimate of drug-likeness (QED) is 0.563. The summed E-state index contributed by atoms with van der Waals surface area (Å²) in [5, 5.41) is 4.31. The molecule has 0 saturated carbocycles. The summed E-state index contributed by atoms with van der Waals surface area (Å²) in [4.78, 5) is 4.39. The molecule has 2 heterocycles. The van der Waals surface area contributed by atoms with E-state index < -0.39 is 0 Å². The zero-order chi connectivity index (χ0) is 15.3. The minimum atomic E-state index is -0.304. The number of nitrogens with one attached hydrogen (secondary N) is 1. The van der Waals surface area contributed by atoms with Gasteiger partial charge in [0.25, 0.3) is 0 Å². The molecule has 1 aliphatic heterocycles. The van der Waals surface area contributed by atoms with Crippen LogP contribution < -0.4 is 11.3 Å². The summed E-state index contributed by atoms with van der Waals surface area (Å²) in [5.74, 6) is 7.27. The van der Waals surface area contributed by atoms with Gasteiger partial charge in [0.15, 0.2) is 0 Å². The molecule has 1 aromatic rings. The number of hydrogen-bond acceptors (Lipinski definition) is 6. The van der Waals surface area contributed by atoms with Crippen molar-refractivity contribution in [3.05, 3.63) is 12.2 Å². The Balaban J connectivity index is 2.13. The molecule has 1 aromatic heterocycles. The molecule has 0 aliphatic carbocycles. The van der Waals surface area contributed by atoms with Gasteiger partial charge in [0.1, 0.15) is 12.2 Å². The predicted octanol–water partition coefficient (Wildman–Crippen LogP) is 0.504. The molecule has 1 atom stereocenters. The van der Waals surface area contributed by atoms with Crippen molar-refractivity contribution in [3.63, 3.8) is 0 Å². The van der Waals surface area contributed by atoms with Gasteiger partial charge in [-0.3, -0.25) is 11.3 Å². The van der Waals surface area contributed by atoms with Gasteiger partial charge < -0.3 is 9.47 Å². The van der Waals surface area contributed by atoms with Crippen LogP contribution in [0, 0.1) is 5.92 Å². The molecule has 1 unspecified atom stereocenters. The first-order valence-electron chi connectivity index (χ1n) is 7.57. The Morgan fingerprint density at radius 2 is 2.19 bits per heavy atom. The average molecular weight is 297 g/mol. The van der Waals surface area contributed by atoms with Crippen LogP contribution in [0.1, 0.15) is 32.5 Å². The maximum absolute atomic E-state index is 5.82. The summed E-state index contributed by atoms with van der Waals surface area (Å²) < 4.78 is 13.2. The largest absolute Gasteiger partial charge is 0.381 e. The van der Waals surface area contributed by atoms with E-state index in [1.165, 1.54) is 0 Å². The van der Waals surface area contributed by atoms with E-state index in [0.29, 0.717) is 25.6 Å². The Morgan fingerprint density at radius 1 is 1.48 bits per heavy atom. The lowest BCUT2D eigenvalue weighted by molar-refractivity contribution is -0.110. The van der Waals surface area contributed by atoms with Crippen molar-refractivity contribution < 1.29 is 9.47 Å². The van der Waals surface area contributed by atoms with Gasteiger partial charge >= 0.3 is 0 Å². The van der Waals surface area contributed by atoms with E-state index >= 15 is 0 Å². The lowest BCUT2D eigenvalue weighted by Crippen LogP contribution is -2.58. The summed E-state index contributed by atoms with van der Waals surface area (Å²) in [6, 6.07) is -0.0125. The van der Waals surface area contributed by atoms with Gasteiger partial charge in [-0.25, -0.2) is 9.67 Å². The number of ether oxygens (including phenoxy) is 2. The van der Waals surface area contributed by atoms with Gasteiger partial charge in [-0.2, -0.15) is 5.10 Å². The fourth-order valence-electron chi connectivity index (χ4n) is 2.94. The molecule has 1 saturated heterocycles. The number of methoxy groups -OCH3 is 1. The van der Waals surface area contributed by atoms with Crippen LogP contribution in [-0.2, 0) is 22.4 Å². The maximum Gasteiger partial charge on any atom is 0.138 e. The summed E-state index contributed by atoms with van der Waals surface area (Å²) in [6.07, 6.45) is 3.96. The van der Waals surface area contributed by atoms with Crippen LogP contribution in [0.3, 0.4) is 0 Å². The fourth-order valence-corrected chi connectivity index (χ4v) is 2.94. The Hall–Kier alpha value is -1.02. The highest BCUT2D eigenvalue weighted by atomic mass is 16.5. The SMILES string of the molecule is COC1(C(Cc2ncnn2CC(C)C)NN)CCOCC1. The van der Waals surface area contributed by atoms with Crippen LogP contribution in [0.5, 0.6) is 0 Å². The molecule has 0 bridgehead atoms. The van der Waals surface area contributed by atoms with Gasteiger partial charge in [-0.05, 0) is 5.92 Å². The molecule has 2 rings (SSSR count). The van der Waals surface area contributed by atoms with Crippen molar-refractivity contribution in [1.82, 2.24) is 20.2 Å². The van der Waals surface area contributed by atoms with E-state index in [2.05, 4.69) is 29.4 Å². The van der Waals surface area contributed by atoms with Crippen molar-refractivity contribution in [3.8, 4) is 0 Å². The highest BCUT2D eigenvalue weighted by Gasteiger charge is 2.40. The van der Waals surface area contributed by atoms with Crippen molar-refractivity contribution in [2.45, 2.75) is 51.3 Å². The number of hydrogen-bond donors (Lipinski definition) is 2. The van der Waals surface area contributed by atoms with Gasteiger partial charge in [-0.15, -0.1) is 0 Å². The Labute approximate surface area is 126 Å². The molecule has 3 N–H and O–H groups in total. The number of rotatable bonds is 7. The molecule has 7 heteroatoms. The smallest absolute Gasteiger partial charge is 0.138 e. The first kappa shape index (κ1) is 16.4. The third-order valence-electron chi connectivity index (χ3n) is 4.20. The molecule has 21 heavy (non-hydrogen) atoms. The molecule has 0 spiro atoms. The van der Waals surface area contributed by atoms with Gasteiger partial charge in [0.2, 0.25) is 0 Å². The molecule has 7 nitrogen and oxygen atoms in total. The topological polar surface area (TPSA) is 87.2 Å². The number of nitrogens with zero attached hydrogens (tertiary/aromatic N) is 3. The van der Waals surface area contributed by atoms with E-state index in [1.807, 2.05) is 4.68 Å². The Kier molecular flexibility index (Phi) is 5.69. The summed E-state index contributed by atoms with van der Waals surface area (Å²) >= 11 is 0. The summed E-state index contributed by atoms with van der Waals surface area (Å²) in [7, 11) is 1.74. The van der Waals surface area contributed by atoms with E-state index in [1.54, 1.807) is 13.4 Å². The maximum atomic E-state index is 5.82. The lowest BCUT2D eigenvalue weighted by Gasteiger charge is -2.41. The fraction of sp³-hybridized carbons (Fsp3) is 0.857. The van der Waals surface area contributed by atoms with Crippen molar-refractivity contribution >= 4 is 0 Å². The lowest BCUT2D eigenvalue weighted by atomic mass is 9.84. The first-order chi connectivity index (χ1) is 10.1. The summed E-state index contributed by atoms with van der Waals surface area (Å²) in [6.45, 7) is 6.59. The van der Waals surface area contributed by atoms with Crippen molar-refractivity contribution in [1.29, 1.82) is 0 Å². The monoisotopic (exact) mass is 297 g/mol. The zero-order valence-corrected chi connectivity index (χ0v) is 13.2. The van der Waals surface area contributed by atoms with E-state index in [0.717, 1.165) is 25.2 Å². The van der Waals surface area contributed by atoms with Crippen LogP contribution in [0.2, 0.25) is 0 Å². The van der Waals surface area contributed by atoms with E-state index in [4.69, 9.17) is 15.3 Å². The van der Waals surface area contributed by atoms with Crippen LogP contribution in [0.15, 0.2) is 6.33 Å². The second kappa shape index (κ2) is 7.31. The van der Waals surface area contributed by atoms with Crippen molar-refractivity contribution in [2.24, 2.45) is 11.8 Å². The van der Waals surface area contributed by atoms with Gasteiger partial charge in [-0.1, -0.05) is 13.8 Å². The van der Waals surface area contributed by atoms with E-state index in [-0.39, 0.29) is 11.6 Å². The Bertz CT molecular complexity index is 429. The van der Waals surface area contributed by atoms with Crippen molar-refractivity contribution in [2.75, 3.05) is 20.3 Å². The summed E-state index contributed by atoms with van der Waals surface area (Å²) in [5.41, 5.74) is 2.62. The number of hydrazine groups is 1. The second-order valence-corrected chi connectivity index (χ2v) is 6.06. The molecule has 0 aromatic carbocycles. The second-order valence-electron chi connectivity index (χ2n) is 6.06. The molecule has 1 aliphatic rings. The third-order valence-corrected chi connectivity index (χ3v) is 4.20.